The molecule has 23 heavy (non-hydrogen) atoms. The van der Waals surface area contributed by atoms with Crippen molar-refractivity contribution in [3.8, 4) is 0 Å². The minimum Gasteiger partial charge on any atom is -0.465 e. The number of fused-ring (bicyclic) bond motifs is 1. The van der Waals surface area contributed by atoms with Gasteiger partial charge in [-0.2, -0.15) is 0 Å². The summed E-state index contributed by atoms with van der Waals surface area (Å²) in [5.74, 6) is -0.308. The molecule has 0 saturated carbocycles. The number of carbonyl (C=O) groups is 2. The van der Waals surface area contributed by atoms with E-state index in [0.717, 1.165) is 34.2 Å². The molecule has 0 spiro atoms. The Kier molecular flexibility index (Phi) is 4.98. The highest BCUT2D eigenvalue weighted by atomic mass is 32.2. The lowest BCUT2D eigenvalue weighted by atomic mass is 10.1. The first-order valence-electron chi connectivity index (χ1n) is 7.04. The molecule has 0 radical (unpaired) electrons. The zero-order valence-electron chi connectivity index (χ0n) is 12.7. The first-order chi connectivity index (χ1) is 11.1. The quantitative estimate of drug-likeness (QED) is 0.645. The predicted molar refractivity (Wildman–Crippen MR) is 91.7 cm³/mol. The van der Waals surface area contributed by atoms with Gasteiger partial charge in [-0.1, -0.05) is 23.1 Å². The Hall–Kier alpha value is -1.45. The van der Waals surface area contributed by atoms with Gasteiger partial charge in [-0.05, 0) is 31.7 Å². The van der Waals surface area contributed by atoms with Gasteiger partial charge in [0.1, 0.15) is 10.0 Å². The summed E-state index contributed by atoms with van der Waals surface area (Å²) in [5, 5.41) is 12.2. The van der Waals surface area contributed by atoms with E-state index in [9.17, 15) is 9.59 Å². The molecule has 122 valence electrons. The van der Waals surface area contributed by atoms with Crippen LogP contribution in [0.3, 0.4) is 0 Å². The van der Waals surface area contributed by atoms with E-state index < -0.39 is 0 Å². The molecule has 3 rings (SSSR count). The minimum atomic E-state index is -0.382. The number of rotatable bonds is 5. The molecule has 1 amide bonds. The van der Waals surface area contributed by atoms with Crippen molar-refractivity contribution in [2.24, 2.45) is 0 Å². The van der Waals surface area contributed by atoms with Gasteiger partial charge in [-0.15, -0.1) is 21.5 Å². The van der Waals surface area contributed by atoms with Gasteiger partial charge in [-0.3, -0.25) is 4.79 Å². The highest BCUT2D eigenvalue weighted by Gasteiger charge is 2.28. The lowest BCUT2D eigenvalue weighted by Crippen LogP contribution is -2.16. The normalized spacial score (nSPS) is 13.0. The minimum absolute atomic E-state index is 0.159. The molecule has 9 heteroatoms. The van der Waals surface area contributed by atoms with Gasteiger partial charge in [0.15, 0.2) is 4.34 Å². The highest BCUT2D eigenvalue weighted by molar-refractivity contribution is 8.01. The third-order valence-corrected chi connectivity index (χ3v) is 6.58. The first-order valence-corrected chi connectivity index (χ1v) is 9.66. The van der Waals surface area contributed by atoms with E-state index in [2.05, 4.69) is 15.5 Å². The van der Waals surface area contributed by atoms with Crippen LogP contribution in [0.25, 0.3) is 0 Å². The lowest BCUT2D eigenvalue weighted by molar-refractivity contribution is -0.113. The topological polar surface area (TPSA) is 81.2 Å². The molecule has 1 aliphatic rings. The largest absolute Gasteiger partial charge is 0.465 e. The number of aromatic nitrogens is 2. The molecule has 2 heterocycles. The number of nitrogens with one attached hydrogen (secondary N) is 1. The Morgan fingerprint density at radius 3 is 2.83 bits per heavy atom. The van der Waals surface area contributed by atoms with Gasteiger partial charge in [0, 0.05) is 4.88 Å². The monoisotopic (exact) mass is 369 g/mol. The van der Waals surface area contributed by atoms with Crippen LogP contribution in [0, 0.1) is 6.92 Å². The average molecular weight is 369 g/mol. The predicted octanol–water partition coefficient (Wildman–Crippen LogP) is 2.91. The number of nitrogens with zero attached hydrogens (tertiary/aromatic N) is 2. The summed E-state index contributed by atoms with van der Waals surface area (Å²) in [6.07, 6.45) is 2.87. The molecule has 1 aliphatic carbocycles. The smallest absolute Gasteiger partial charge is 0.341 e. The maximum absolute atomic E-state index is 12.2. The van der Waals surface area contributed by atoms with Gasteiger partial charge >= 0.3 is 5.97 Å². The number of methoxy groups -OCH3 is 1. The van der Waals surface area contributed by atoms with Crippen molar-refractivity contribution >= 4 is 51.3 Å². The molecule has 6 nitrogen and oxygen atoms in total. The number of anilines is 1. The number of ether oxygens (including phenoxy) is 1. The van der Waals surface area contributed by atoms with Crippen LogP contribution in [0.4, 0.5) is 5.00 Å². The fraction of sp³-hybridized carbons (Fsp3) is 0.429. The lowest BCUT2D eigenvalue weighted by Gasteiger charge is -2.06. The molecule has 0 atom stereocenters. The highest BCUT2D eigenvalue weighted by Crippen LogP contribution is 2.39. The Bertz CT molecular complexity index is 754. The number of aryl methyl sites for hydroxylation is 2. The molecule has 0 aromatic carbocycles. The summed E-state index contributed by atoms with van der Waals surface area (Å²) in [7, 11) is 1.36. The van der Waals surface area contributed by atoms with Crippen molar-refractivity contribution in [2.75, 3.05) is 18.2 Å². The van der Waals surface area contributed by atoms with Gasteiger partial charge in [-0.25, -0.2) is 4.79 Å². The van der Waals surface area contributed by atoms with Crippen LogP contribution in [0.15, 0.2) is 4.34 Å². The van der Waals surface area contributed by atoms with E-state index in [0.29, 0.717) is 10.6 Å². The van der Waals surface area contributed by atoms with Crippen molar-refractivity contribution in [3.63, 3.8) is 0 Å². The summed E-state index contributed by atoms with van der Waals surface area (Å²) >= 11 is 4.28. The van der Waals surface area contributed by atoms with Crippen LogP contribution in [-0.2, 0) is 22.4 Å². The van der Waals surface area contributed by atoms with E-state index in [1.54, 1.807) is 0 Å². The van der Waals surface area contributed by atoms with Crippen molar-refractivity contribution in [3.05, 3.63) is 21.0 Å². The molecule has 0 fully saturated rings. The number of amides is 1. The van der Waals surface area contributed by atoms with Gasteiger partial charge in [0.25, 0.3) is 0 Å². The second kappa shape index (κ2) is 6.98. The molecule has 0 aliphatic heterocycles. The molecule has 1 N–H and O–H groups in total. The van der Waals surface area contributed by atoms with Crippen LogP contribution in [0.5, 0.6) is 0 Å². The van der Waals surface area contributed by atoms with Crippen molar-refractivity contribution in [1.29, 1.82) is 0 Å². The van der Waals surface area contributed by atoms with Crippen molar-refractivity contribution < 1.29 is 14.3 Å². The third-order valence-electron chi connectivity index (χ3n) is 3.40. The van der Waals surface area contributed by atoms with Crippen molar-refractivity contribution in [2.45, 2.75) is 30.5 Å². The maximum atomic E-state index is 12.2. The molecular formula is C14H15N3O3S3. The Morgan fingerprint density at radius 1 is 1.30 bits per heavy atom. The number of esters is 1. The number of hydrogen-bond acceptors (Lipinski definition) is 8. The van der Waals surface area contributed by atoms with E-state index in [-0.39, 0.29) is 17.6 Å². The first kappa shape index (κ1) is 16.4. The summed E-state index contributed by atoms with van der Waals surface area (Å²) in [6.45, 7) is 1.87. The second-order valence-corrected chi connectivity index (χ2v) is 8.49. The standard InChI is InChI=1S/C14H15N3O3S3/c1-7-16-17-14(22-7)21-6-10(18)15-12-11(13(19)20-2)8-4-3-5-9(8)23-12/h3-6H2,1-2H3,(H,15,18). The van der Waals surface area contributed by atoms with Crippen LogP contribution in [0.2, 0.25) is 0 Å². The molecule has 0 bridgehead atoms. The van der Waals surface area contributed by atoms with E-state index >= 15 is 0 Å². The molecule has 0 saturated heterocycles. The van der Waals surface area contributed by atoms with Crippen molar-refractivity contribution in [1.82, 2.24) is 10.2 Å². The summed E-state index contributed by atoms with van der Waals surface area (Å²) in [6, 6.07) is 0. The third kappa shape index (κ3) is 3.56. The van der Waals surface area contributed by atoms with Gasteiger partial charge in [0.05, 0.1) is 18.4 Å². The Labute approximate surface area is 145 Å². The SMILES string of the molecule is COC(=O)c1c(NC(=O)CSc2nnc(C)s2)sc2c1CCC2. The fourth-order valence-electron chi connectivity index (χ4n) is 2.44. The van der Waals surface area contributed by atoms with E-state index in [1.165, 1.54) is 46.4 Å². The Morgan fingerprint density at radius 2 is 2.13 bits per heavy atom. The van der Waals surface area contributed by atoms with Gasteiger partial charge < -0.3 is 10.1 Å². The average Bonchev–Trinajstić information content (AvgIpc) is 3.20. The number of thioether (sulfide) groups is 1. The van der Waals surface area contributed by atoms with Crippen LogP contribution < -0.4 is 5.32 Å². The molecule has 2 aromatic heterocycles. The summed E-state index contributed by atoms with van der Waals surface area (Å²) in [5.41, 5.74) is 1.56. The zero-order chi connectivity index (χ0) is 16.4. The zero-order valence-corrected chi connectivity index (χ0v) is 15.1. The fourth-order valence-corrected chi connectivity index (χ4v) is 5.35. The van der Waals surface area contributed by atoms with Crippen LogP contribution in [0.1, 0.15) is 32.2 Å². The summed E-state index contributed by atoms with van der Waals surface area (Å²) in [4.78, 5) is 25.4. The van der Waals surface area contributed by atoms with Crippen LogP contribution in [-0.4, -0.2) is 34.9 Å². The van der Waals surface area contributed by atoms with E-state index in [1.807, 2.05) is 6.92 Å². The number of hydrogen-bond donors (Lipinski definition) is 1. The second-order valence-electron chi connectivity index (χ2n) is 4.98. The number of carbonyl (C=O) groups excluding carboxylic acids is 2. The molecule has 0 unspecified atom stereocenters. The Balaban J connectivity index is 1.70. The van der Waals surface area contributed by atoms with Crippen LogP contribution >= 0.6 is 34.4 Å². The molecule has 2 aromatic rings. The van der Waals surface area contributed by atoms with Gasteiger partial charge in [0.2, 0.25) is 5.91 Å². The summed E-state index contributed by atoms with van der Waals surface area (Å²) < 4.78 is 5.63. The number of thiophene rings is 1. The maximum Gasteiger partial charge on any atom is 0.341 e. The molecular weight excluding hydrogens is 354 g/mol. The van der Waals surface area contributed by atoms with E-state index in [4.69, 9.17) is 4.74 Å².